The Labute approximate surface area is 167 Å². The summed E-state index contributed by atoms with van der Waals surface area (Å²) in [5.41, 5.74) is 1.85. The largest absolute Gasteiger partial charge is 0.483 e. The highest BCUT2D eigenvalue weighted by molar-refractivity contribution is 5.93. The number of fused-ring (bicyclic) bond motifs is 2. The van der Waals surface area contributed by atoms with Crippen molar-refractivity contribution in [2.75, 3.05) is 39.6 Å². The van der Waals surface area contributed by atoms with E-state index in [9.17, 15) is 4.79 Å². The fourth-order valence-electron chi connectivity index (χ4n) is 5.15. The quantitative estimate of drug-likeness (QED) is 0.798. The summed E-state index contributed by atoms with van der Waals surface area (Å²) < 4.78 is 0. The first-order chi connectivity index (χ1) is 13.3. The van der Waals surface area contributed by atoms with E-state index in [-0.39, 0.29) is 12.4 Å². The van der Waals surface area contributed by atoms with Crippen LogP contribution in [0.25, 0.3) is 0 Å². The number of hydrogen-bond acceptors (Lipinski definition) is 5. The van der Waals surface area contributed by atoms with E-state index in [2.05, 4.69) is 42.0 Å². The topological polar surface area (TPSA) is 77.0 Å². The second-order valence-corrected chi connectivity index (χ2v) is 8.61. The Balaban J connectivity index is 0.000000706. The van der Waals surface area contributed by atoms with Crippen molar-refractivity contribution in [3.8, 4) is 0 Å². The number of aromatic nitrogens is 1. The third-order valence-electron chi connectivity index (χ3n) is 6.82. The Morgan fingerprint density at radius 3 is 2.29 bits per heavy atom. The van der Waals surface area contributed by atoms with Crippen molar-refractivity contribution in [1.82, 2.24) is 14.8 Å². The molecule has 154 valence electrons. The maximum Gasteiger partial charge on any atom is 0.290 e. The van der Waals surface area contributed by atoms with Gasteiger partial charge in [-0.25, -0.2) is 4.98 Å². The van der Waals surface area contributed by atoms with Crippen LogP contribution in [0, 0.1) is 11.8 Å². The van der Waals surface area contributed by atoms with Crippen molar-refractivity contribution in [2.45, 2.75) is 44.2 Å². The van der Waals surface area contributed by atoms with E-state index in [1.54, 1.807) is 0 Å². The minimum atomic E-state index is -0.250. The van der Waals surface area contributed by atoms with Crippen LogP contribution in [0.3, 0.4) is 0 Å². The zero-order valence-electron chi connectivity index (χ0n) is 17.3. The molecule has 7 nitrogen and oxygen atoms in total. The molecule has 7 heteroatoms. The van der Waals surface area contributed by atoms with Gasteiger partial charge in [-0.05, 0) is 69.7 Å². The second-order valence-electron chi connectivity index (χ2n) is 8.61. The van der Waals surface area contributed by atoms with E-state index in [0.717, 1.165) is 49.5 Å². The van der Waals surface area contributed by atoms with Gasteiger partial charge in [0, 0.05) is 32.7 Å². The number of nitrogens with zero attached hydrogens (tertiary/aromatic N) is 4. The number of likely N-dealkylation sites (N-methyl/N-ethyl adjacent to an activating group) is 1. The summed E-state index contributed by atoms with van der Waals surface area (Å²) in [7, 11) is 8.40. The molecule has 1 aromatic rings. The number of pyridine rings is 1. The molecule has 1 aromatic heterocycles. The van der Waals surface area contributed by atoms with Gasteiger partial charge in [-0.3, -0.25) is 9.59 Å². The summed E-state index contributed by atoms with van der Waals surface area (Å²) in [5, 5.41) is 6.89. The van der Waals surface area contributed by atoms with Gasteiger partial charge in [0.2, 0.25) is 0 Å². The SMILES string of the molecule is CN1CCc2ccc(C(=O)N(C)C3C[C@H]4CC(N(C)C)C[C@H]4C3)nc21.O=CO. The lowest BCUT2D eigenvalue weighted by atomic mass is 10.0. The smallest absolute Gasteiger partial charge is 0.290 e. The van der Waals surface area contributed by atoms with Gasteiger partial charge in [-0.15, -0.1) is 0 Å². The molecule has 0 radical (unpaired) electrons. The van der Waals surface area contributed by atoms with Crippen LogP contribution in [0.15, 0.2) is 12.1 Å². The summed E-state index contributed by atoms with van der Waals surface area (Å²) in [5.74, 6) is 2.63. The van der Waals surface area contributed by atoms with Gasteiger partial charge in [0.25, 0.3) is 12.4 Å². The number of hydrogen-bond donors (Lipinski definition) is 1. The average molecular weight is 389 g/mol. The first kappa shape index (κ1) is 20.6. The molecule has 28 heavy (non-hydrogen) atoms. The standard InChI is InChI=1S/C20H30N4O.CH2O2/c1-22(2)16-9-14-11-17(12-15(14)10-16)24(4)20(25)18-6-5-13-7-8-23(3)19(13)21-18;2-1-3/h5-6,14-17H,7-12H2,1-4H3;1H,(H,2,3)/t14-,15+,16?,17?;. The highest BCUT2D eigenvalue weighted by Crippen LogP contribution is 2.46. The molecule has 4 rings (SSSR count). The molecule has 2 heterocycles. The van der Waals surface area contributed by atoms with Crippen LogP contribution < -0.4 is 4.90 Å². The molecule has 0 saturated heterocycles. The van der Waals surface area contributed by atoms with Crippen LogP contribution in [0.1, 0.15) is 41.7 Å². The number of anilines is 1. The molecule has 0 aromatic carbocycles. The van der Waals surface area contributed by atoms with Crippen molar-refractivity contribution in [1.29, 1.82) is 0 Å². The molecule has 1 amide bonds. The Morgan fingerprint density at radius 2 is 1.71 bits per heavy atom. The van der Waals surface area contributed by atoms with E-state index in [0.29, 0.717) is 11.7 Å². The second kappa shape index (κ2) is 8.47. The van der Waals surface area contributed by atoms with Gasteiger partial charge in [-0.1, -0.05) is 6.07 Å². The van der Waals surface area contributed by atoms with Crippen LogP contribution in [0.2, 0.25) is 0 Å². The third-order valence-corrected chi connectivity index (χ3v) is 6.82. The van der Waals surface area contributed by atoms with Crippen LogP contribution in [0.5, 0.6) is 0 Å². The maximum atomic E-state index is 13.0. The molecule has 2 unspecified atom stereocenters. The lowest BCUT2D eigenvalue weighted by Gasteiger charge is -2.27. The molecule has 2 saturated carbocycles. The number of rotatable bonds is 3. The van der Waals surface area contributed by atoms with Crippen molar-refractivity contribution < 1.29 is 14.7 Å². The van der Waals surface area contributed by atoms with E-state index >= 15 is 0 Å². The molecule has 3 aliphatic rings. The minimum Gasteiger partial charge on any atom is -0.483 e. The van der Waals surface area contributed by atoms with Crippen molar-refractivity contribution in [2.24, 2.45) is 11.8 Å². The van der Waals surface area contributed by atoms with Crippen molar-refractivity contribution >= 4 is 18.2 Å². The minimum absolute atomic E-state index is 0.0808. The number of amides is 1. The fraction of sp³-hybridized carbons (Fsp3) is 0.667. The highest BCUT2D eigenvalue weighted by atomic mass is 16.3. The third kappa shape index (κ3) is 3.99. The molecule has 0 spiro atoms. The van der Waals surface area contributed by atoms with Crippen LogP contribution >= 0.6 is 0 Å². The zero-order valence-corrected chi connectivity index (χ0v) is 17.3. The zero-order chi connectivity index (χ0) is 20.4. The van der Waals surface area contributed by atoms with Crippen LogP contribution in [0.4, 0.5) is 5.82 Å². The lowest BCUT2D eigenvalue weighted by molar-refractivity contribution is -0.122. The Bertz CT molecular complexity index is 710. The number of carbonyl (C=O) groups excluding carboxylic acids is 1. The first-order valence-electron chi connectivity index (χ1n) is 10.1. The Kier molecular flexibility index (Phi) is 6.23. The van der Waals surface area contributed by atoms with E-state index < -0.39 is 0 Å². The van der Waals surface area contributed by atoms with Crippen molar-refractivity contribution in [3.05, 3.63) is 23.4 Å². The van der Waals surface area contributed by atoms with Gasteiger partial charge in [0.1, 0.15) is 11.5 Å². The summed E-state index contributed by atoms with van der Waals surface area (Å²) in [4.78, 5) is 32.5. The molecule has 1 aliphatic heterocycles. The molecular formula is C21H32N4O3. The monoisotopic (exact) mass is 388 g/mol. The van der Waals surface area contributed by atoms with E-state index in [4.69, 9.17) is 9.90 Å². The Hall–Kier alpha value is -2.15. The summed E-state index contributed by atoms with van der Waals surface area (Å²) in [6, 6.07) is 5.09. The van der Waals surface area contributed by atoms with Gasteiger partial charge >= 0.3 is 0 Å². The van der Waals surface area contributed by atoms with Crippen molar-refractivity contribution in [3.63, 3.8) is 0 Å². The molecule has 1 N–H and O–H groups in total. The fourth-order valence-corrected chi connectivity index (χ4v) is 5.15. The van der Waals surface area contributed by atoms with Gasteiger partial charge < -0.3 is 19.8 Å². The number of carbonyl (C=O) groups is 2. The summed E-state index contributed by atoms with van der Waals surface area (Å²) >= 11 is 0. The molecular weight excluding hydrogens is 356 g/mol. The van der Waals surface area contributed by atoms with E-state index in [1.807, 2.05) is 18.0 Å². The predicted octanol–water partition coefficient (Wildman–Crippen LogP) is 1.97. The predicted molar refractivity (Wildman–Crippen MR) is 109 cm³/mol. The molecule has 4 atom stereocenters. The van der Waals surface area contributed by atoms with Gasteiger partial charge in [-0.2, -0.15) is 0 Å². The molecule has 2 fully saturated rings. The molecule has 2 aliphatic carbocycles. The number of carboxylic acid groups (broad SMARTS) is 1. The summed E-state index contributed by atoms with van der Waals surface area (Å²) in [6.45, 7) is 0.745. The van der Waals surface area contributed by atoms with Crippen LogP contribution in [-0.2, 0) is 11.2 Å². The average Bonchev–Trinajstić information content (AvgIpc) is 3.34. The lowest BCUT2D eigenvalue weighted by Crippen LogP contribution is -2.37. The van der Waals surface area contributed by atoms with E-state index in [1.165, 1.54) is 18.4 Å². The highest BCUT2D eigenvalue weighted by Gasteiger charge is 2.44. The van der Waals surface area contributed by atoms with Gasteiger partial charge in [0.05, 0.1) is 0 Å². The summed E-state index contributed by atoms with van der Waals surface area (Å²) in [6.07, 6.45) is 5.92. The normalized spacial score (nSPS) is 27.8. The first-order valence-corrected chi connectivity index (χ1v) is 10.1. The van der Waals surface area contributed by atoms with Crippen LogP contribution in [-0.4, -0.2) is 79.1 Å². The van der Waals surface area contributed by atoms with Gasteiger partial charge in [0.15, 0.2) is 0 Å². The molecule has 0 bridgehead atoms. The Morgan fingerprint density at radius 1 is 1.14 bits per heavy atom. The maximum absolute atomic E-state index is 13.0.